The molecule has 218 valence electrons. The molecule has 1 aromatic rings. The van der Waals surface area contributed by atoms with Crippen LogP contribution in [-0.4, -0.2) is 75.7 Å². The molecule has 4 unspecified atom stereocenters. The number of carbonyl (C=O) groups excluding carboxylic acids is 3. The third-order valence-corrected chi connectivity index (χ3v) is 5.92. The first-order chi connectivity index (χ1) is 18.3. The van der Waals surface area contributed by atoms with Crippen LogP contribution >= 0.6 is 0 Å². The van der Waals surface area contributed by atoms with Gasteiger partial charge in [-0.1, -0.05) is 32.4 Å². The number of hydrogen-bond acceptors (Lipinski definition) is 8. The van der Waals surface area contributed by atoms with E-state index in [0.717, 1.165) is 0 Å². The van der Waals surface area contributed by atoms with E-state index in [4.69, 9.17) is 16.6 Å². The van der Waals surface area contributed by atoms with Crippen molar-refractivity contribution < 1.29 is 39.3 Å². The van der Waals surface area contributed by atoms with Gasteiger partial charge >= 0.3 is 11.9 Å². The van der Waals surface area contributed by atoms with Crippen LogP contribution in [0, 0.1) is 5.92 Å². The minimum absolute atomic E-state index is 0.0234. The minimum atomic E-state index is -1.46. The molecule has 0 bridgehead atoms. The first-order valence-electron chi connectivity index (χ1n) is 12.9. The van der Waals surface area contributed by atoms with Gasteiger partial charge in [0.05, 0.1) is 6.04 Å². The van der Waals surface area contributed by atoms with Crippen LogP contribution in [0.4, 0.5) is 0 Å². The molecule has 13 nitrogen and oxygen atoms in total. The maximum absolute atomic E-state index is 13.4. The molecule has 0 fully saturated rings. The van der Waals surface area contributed by atoms with E-state index in [2.05, 4.69) is 16.0 Å². The van der Waals surface area contributed by atoms with Gasteiger partial charge in [0.15, 0.2) is 0 Å². The molecule has 0 aliphatic heterocycles. The zero-order valence-electron chi connectivity index (χ0n) is 22.4. The zero-order chi connectivity index (χ0) is 29.5. The lowest BCUT2D eigenvalue weighted by molar-refractivity contribution is -0.143. The molecule has 0 aliphatic carbocycles. The number of nitrogens with two attached hydrogens (primary N) is 2. The Morgan fingerprint density at radius 2 is 1.38 bits per heavy atom. The predicted molar refractivity (Wildman–Crippen MR) is 142 cm³/mol. The normalized spacial score (nSPS) is 14.1. The molecule has 4 atom stereocenters. The van der Waals surface area contributed by atoms with Crippen LogP contribution in [-0.2, 0) is 30.4 Å². The average Bonchev–Trinajstić information content (AvgIpc) is 2.86. The second-order valence-electron chi connectivity index (χ2n) is 9.85. The van der Waals surface area contributed by atoms with Crippen LogP contribution in [0.5, 0.6) is 5.75 Å². The number of carboxylic acid groups (broad SMARTS) is 2. The Morgan fingerprint density at radius 1 is 0.821 bits per heavy atom. The van der Waals surface area contributed by atoms with Crippen molar-refractivity contribution in [3.8, 4) is 5.75 Å². The van der Waals surface area contributed by atoms with Crippen LogP contribution in [0.25, 0.3) is 0 Å². The number of phenols is 1. The first kappa shape index (κ1) is 33.3. The Labute approximate surface area is 227 Å². The Balaban J connectivity index is 3.10. The van der Waals surface area contributed by atoms with E-state index in [1.807, 2.05) is 13.8 Å². The van der Waals surface area contributed by atoms with E-state index < -0.39 is 60.2 Å². The van der Waals surface area contributed by atoms with Crippen molar-refractivity contribution in [2.75, 3.05) is 6.54 Å². The SMILES string of the molecule is CC(C)CC(NC(=O)C(Cc1ccc(O)cc1)NC(=O)C(N)CCCCN)C(=O)NC(CCC(=O)O)C(=O)O. The quantitative estimate of drug-likeness (QED) is 0.112. The van der Waals surface area contributed by atoms with Gasteiger partial charge < -0.3 is 42.7 Å². The summed E-state index contributed by atoms with van der Waals surface area (Å²) < 4.78 is 0. The summed E-state index contributed by atoms with van der Waals surface area (Å²) in [6.07, 6.45) is 1.06. The summed E-state index contributed by atoms with van der Waals surface area (Å²) in [4.78, 5) is 61.5. The summed E-state index contributed by atoms with van der Waals surface area (Å²) in [7, 11) is 0. The highest BCUT2D eigenvalue weighted by Crippen LogP contribution is 2.13. The van der Waals surface area contributed by atoms with Crippen molar-refractivity contribution in [1.29, 1.82) is 0 Å². The number of rotatable bonds is 18. The second kappa shape index (κ2) is 17.0. The highest BCUT2D eigenvalue weighted by Gasteiger charge is 2.31. The fourth-order valence-corrected chi connectivity index (χ4v) is 3.77. The van der Waals surface area contributed by atoms with Gasteiger partial charge in [-0.05, 0) is 55.8 Å². The summed E-state index contributed by atoms with van der Waals surface area (Å²) in [5.74, 6) is -4.71. The van der Waals surface area contributed by atoms with Gasteiger partial charge in [0, 0.05) is 12.8 Å². The van der Waals surface area contributed by atoms with E-state index >= 15 is 0 Å². The molecule has 0 spiro atoms. The lowest BCUT2D eigenvalue weighted by Gasteiger charge is -2.26. The number of benzene rings is 1. The van der Waals surface area contributed by atoms with Crippen LogP contribution in [0.1, 0.15) is 57.9 Å². The van der Waals surface area contributed by atoms with Crippen molar-refractivity contribution >= 4 is 29.7 Å². The van der Waals surface area contributed by atoms with Crippen molar-refractivity contribution in [2.24, 2.45) is 17.4 Å². The second-order valence-corrected chi connectivity index (χ2v) is 9.85. The van der Waals surface area contributed by atoms with E-state index in [1.165, 1.54) is 12.1 Å². The molecule has 0 aromatic heterocycles. The lowest BCUT2D eigenvalue weighted by atomic mass is 10.00. The fraction of sp³-hybridized carbons (Fsp3) is 0.577. The van der Waals surface area contributed by atoms with Gasteiger partial charge in [0.1, 0.15) is 23.9 Å². The third-order valence-electron chi connectivity index (χ3n) is 5.92. The van der Waals surface area contributed by atoms with Crippen molar-refractivity contribution in [1.82, 2.24) is 16.0 Å². The summed E-state index contributed by atoms with van der Waals surface area (Å²) in [6, 6.07) is 1.41. The number of hydrogen-bond donors (Lipinski definition) is 8. The highest BCUT2D eigenvalue weighted by atomic mass is 16.4. The number of nitrogens with one attached hydrogen (secondary N) is 3. The Hall–Kier alpha value is -3.71. The molecule has 39 heavy (non-hydrogen) atoms. The molecule has 0 saturated heterocycles. The van der Waals surface area contributed by atoms with E-state index in [0.29, 0.717) is 31.4 Å². The Kier molecular flexibility index (Phi) is 14.5. The standard InChI is InChI=1S/C26H41N5O8/c1-15(2)13-20(24(36)29-19(26(38)39)10-11-22(33)34)31-25(37)21(14-16-6-8-17(32)9-7-16)30-23(35)18(28)5-3-4-12-27/h6-9,15,18-21,32H,3-5,10-14,27-28H2,1-2H3,(H,29,36)(H,30,35)(H,31,37)(H,33,34)(H,38,39). The molecule has 1 rings (SSSR count). The fourth-order valence-electron chi connectivity index (χ4n) is 3.77. The smallest absolute Gasteiger partial charge is 0.326 e. The number of carboxylic acids is 2. The van der Waals surface area contributed by atoms with Gasteiger partial charge in [-0.15, -0.1) is 0 Å². The summed E-state index contributed by atoms with van der Waals surface area (Å²) >= 11 is 0. The Morgan fingerprint density at radius 3 is 1.92 bits per heavy atom. The molecule has 0 saturated carbocycles. The summed E-state index contributed by atoms with van der Waals surface area (Å²) in [6.45, 7) is 4.07. The monoisotopic (exact) mass is 551 g/mol. The number of aromatic hydroxyl groups is 1. The summed E-state index contributed by atoms with van der Waals surface area (Å²) in [5.41, 5.74) is 12.1. The minimum Gasteiger partial charge on any atom is -0.508 e. The topological polar surface area (TPSA) is 234 Å². The molecule has 10 N–H and O–H groups in total. The summed E-state index contributed by atoms with van der Waals surface area (Å²) in [5, 5.41) is 35.4. The molecule has 0 heterocycles. The number of carbonyl (C=O) groups is 5. The molecule has 3 amide bonds. The van der Waals surface area contributed by atoms with Crippen molar-refractivity contribution in [2.45, 2.75) is 83.0 Å². The van der Waals surface area contributed by atoms with Crippen molar-refractivity contribution in [3.05, 3.63) is 29.8 Å². The molecule has 1 aromatic carbocycles. The molecule has 13 heteroatoms. The molecule has 0 aliphatic rings. The number of amides is 3. The van der Waals surface area contributed by atoms with E-state index in [1.54, 1.807) is 12.1 Å². The maximum atomic E-state index is 13.4. The van der Waals surface area contributed by atoms with Gasteiger partial charge in [0.2, 0.25) is 17.7 Å². The van der Waals surface area contributed by atoms with Gasteiger partial charge in [-0.3, -0.25) is 19.2 Å². The Bertz CT molecular complexity index is 970. The van der Waals surface area contributed by atoms with E-state index in [-0.39, 0.29) is 30.9 Å². The van der Waals surface area contributed by atoms with Crippen LogP contribution in [0.2, 0.25) is 0 Å². The van der Waals surface area contributed by atoms with E-state index in [9.17, 15) is 34.2 Å². The molecular weight excluding hydrogens is 510 g/mol. The van der Waals surface area contributed by atoms with Crippen molar-refractivity contribution in [3.63, 3.8) is 0 Å². The number of unbranched alkanes of at least 4 members (excludes halogenated alkanes) is 1. The third kappa shape index (κ3) is 13.1. The first-order valence-corrected chi connectivity index (χ1v) is 12.9. The zero-order valence-corrected chi connectivity index (χ0v) is 22.4. The largest absolute Gasteiger partial charge is 0.508 e. The highest BCUT2D eigenvalue weighted by molar-refractivity contribution is 5.94. The van der Waals surface area contributed by atoms with Gasteiger partial charge in [0.25, 0.3) is 0 Å². The molecule has 0 radical (unpaired) electrons. The van der Waals surface area contributed by atoms with Crippen LogP contribution in [0.15, 0.2) is 24.3 Å². The van der Waals surface area contributed by atoms with Crippen LogP contribution in [0.3, 0.4) is 0 Å². The molecular formula is C26H41N5O8. The van der Waals surface area contributed by atoms with Crippen LogP contribution < -0.4 is 27.4 Å². The predicted octanol–water partition coefficient (Wildman–Crippen LogP) is -0.159. The van der Waals surface area contributed by atoms with Gasteiger partial charge in [-0.2, -0.15) is 0 Å². The number of phenolic OH excluding ortho intramolecular Hbond substituents is 1. The lowest BCUT2D eigenvalue weighted by Crippen LogP contribution is -2.57. The average molecular weight is 552 g/mol. The number of aliphatic carboxylic acids is 2. The maximum Gasteiger partial charge on any atom is 0.326 e. The van der Waals surface area contributed by atoms with Gasteiger partial charge in [-0.25, -0.2) is 4.79 Å².